The summed E-state index contributed by atoms with van der Waals surface area (Å²) >= 11 is 0. The van der Waals surface area contributed by atoms with E-state index in [4.69, 9.17) is 4.74 Å². The van der Waals surface area contributed by atoms with E-state index in [-0.39, 0.29) is 17.9 Å². The number of amides is 2. The number of rotatable bonds is 7. The van der Waals surface area contributed by atoms with Crippen LogP contribution in [0.3, 0.4) is 0 Å². The van der Waals surface area contributed by atoms with Gasteiger partial charge in [-0.3, -0.25) is 9.59 Å². The highest BCUT2D eigenvalue weighted by atomic mass is 16.5. The average molecular weight is 498 g/mol. The van der Waals surface area contributed by atoms with Crippen molar-refractivity contribution < 1.29 is 14.3 Å². The Morgan fingerprint density at radius 2 is 1.62 bits per heavy atom. The minimum Gasteiger partial charge on any atom is -0.376 e. The van der Waals surface area contributed by atoms with Crippen LogP contribution in [0, 0.1) is 5.92 Å². The zero-order valence-corrected chi connectivity index (χ0v) is 21.4. The molecule has 37 heavy (non-hydrogen) atoms. The molecule has 3 aromatic rings. The van der Waals surface area contributed by atoms with Gasteiger partial charge in [-0.1, -0.05) is 49.4 Å². The van der Waals surface area contributed by atoms with Crippen LogP contribution in [0.4, 0.5) is 11.4 Å². The lowest BCUT2D eigenvalue weighted by atomic mass is 9.97. The first kappa shape index (κ1) is 25.0. The normalized spacial score (nSPS) is 18.0. The van der Waals surface area contributed by atoms with Gasteiger partial charge in [-0.25, -0.2) is 0 Å². The maximum absolute atomic E-state index is 13.3. The molecule has 2 N–H and O–H groups in total. The third-order valence-electron chi connectivity index (χ3n) is 7.39. The van der Waals surface area contributed by atoms with Gasteiger partial charge in [0.05, 0.1) is 11.7 Å². The van der Waals surface area contributed by atoms with Crippen LogP contribution < -0.4 is 15.5 Å². The van der Waals surface area contributed by atoms with Gasteiger partial charge < -0.3 is 20.3 Å². The molecule has 2 amide bonds. The Balaban J connectivity index is 1.32. The van der Waals surface area contributed by atoms with Crippen molar-refractivity contribution in [1.29, 1.82) is 0 Å². The number of piperidine rings is 1. The minimum absolute atomic E-state index is 0.0741. The lowest BCUT2D eigenvalue weighted by Gasteiger charge is -2.33. The molecule has 0 bridgehead atoms. The Hall–Kier alpha value is -3.64. The molecule has 0 aliphatic carbocycles. The van der Waals surface area contributed by atoms with Crippen LogP contribution in [0.5, 0.6) is 0 Å². The van der Waals surface area contributed by atoms with Crippen LogP contribution in [0.2, 0.25) is 0 Å². The monoisotopic (exact) mass is 497 g/mol. The van der Waals surface area contributed by atoms with Gasteiger partial charge in [0.25, 0.3) is 11.8 Å². The van der Waals surface area contributed by atoms with E-state index in [1.165, 1.54) is 0 Å². The molecule has 2 aliphatic rings. The molecule has 2 aliphatic heterocycles. The summed E-state index contributed by atoms with van der Waals surface area (Å²) < 4.78 is 5.68. The van der Waals surface area contributed by atoms with Gasteiger partial charge in [0, 0.05) is 43.2 Å². The largest absolute Gasteiger partial charge is 0.376 e. The molecule has 0 radical (unpaired) electrons. The predicted octanol–water partition coefficient (Wildman–Crippen LogP) is 5.75. The summed E-state index contributed by atoms with van der Waals surface area (Å²) in [5.41, 5.74) is 4.84. The highest BCUT2D eigenvalue weighted by Gasteiger charge is 2.23. The Morgan fingerprint density at radius 3 is 2.32 bits per heavy atom. The Kier molecular flexibility index (Phi) is 7.85. The summed E-state index contributed by atoms with van der Waals surface area (Å²) in [6.45, 7) is 5.38. The summed E-state index contributed by atoms with van der Waals surface area (Å²) in [7, 11) is 0. The number of ether oxygens (including phenoxy) is 1. The molecule has 2 saturated heterocycles. The quantitative estimate of drug-likeness (QED) is 0.436. The molecule has 0 spiro atoms. The van der Waals surface area contributed by atoms with Crippen LogP contribution in [-0.2, 0) is 4.74 Å². The molecular weight excluding hydrogens is 462 g/mol. The molecule has 1 atom stereocenters. The van der Waals surface area contributed by atoms with Gasteiger partial charge >= 0.3 is 0 Å². The summed E-state index contributed by atoms with van der Waals surface area (Å²) in [5, 5.41) is 6.04. The number of anilines is 2. The van der Waals surface area contributed by atoms with Gasteiger partial charge in [-0.2, -0.15) is 0 Å². The average Bonchev–Trinajstić information content (AvgIpc) is 3.47. The number of benzene rings is 3. The van der Waals surface area contributed by atoms with Crippen LogP contribution in [0.1, 0.15) is 53.3 Å². The van der Waals surface area contributed by atoms with Crippen molar-refractivity contribution in [3.8, 4) is 11.1 Å². The first-order valence-corrected chi connectivity index (χ1v) is 13.3. The Morgan fingerprint density at radius 1 is 0.892 bits per heavy atom. The van der Waals surface area contributed by atoms with Gasteiger partial charge in [-0.15, -0.1) is 0 Å². The number of carbonyl (C=O) groups is 2. The maximum Gasteiger partial charge on any atom is 0.255 e. The van der Waals surface area contributed by atoms with E-state index in [0.29, 0.717) is 29.3 Å². The molecule has 0 aromatic heterocycles. The molecule has 192 valence electrons. The molecule has 2 heterocycles. The van der Waals surface area contributed by atoms with Crippen LogP contribution in [0.15, 0.2) is 72.8 Å². The third-order valence-corrected chi connectivity index (χ3v) is 7.39. The summed E-state index contributed by atoms with van der Waals surface area (Å²) in [4.78, 5) is 28.6. The molecule has 2 fully saturated rings. The fourth-order valence-corrected chi connectivity index (χ4v) is 5.08. The van der Waals surface area contributed by atoms with Crippen molar-refractivity contribution in [1.82, 2.24) is 5.32 Å². The topological polar surface area (TPSA) is 70.7 Å². The van der Waals surface area contributed by atoms with Gasteiger partial charge in [0.1, 0.15) is 0 Å². The molecule has 0 saturated carbocycles. The predicted molar refractivity (Wildman–Crippen MR) is 148 cm³/mol. The Labute approximate surface area is 219 Å². The Bertz CT molecular complexity index is 1210. The van der Waals surface area contributed by atoms with Gasteiger partial charge in [0.2, 0.25) is 0 Å². The van der Waals surface area contributed by atoms with Crippen molar-refractivity contribution >= 4 is 23.2 Å². The van der Waals surface area contributed by atoms with Gasteiger partial charge in [-0.05, 0) is 73.1 Å². The number of carbonyl (C=O) groups excluding carboxylic acids is 2. The lowest BCUT2D eigenvalue weighted by molar-refractivity contribution is 0.0858. The zero-order valence-electron chi connectivity index (χ0n) is 21.4. The van der Waals surface area contributed by atoms with Crippen molar-refractivity contribution in [2.45, 2.75) is 38.7 Å². The van der Waals surface area contributed by atoms with Crippen molar-refractivity contribution in [3.63, 3.8) is 0 Å². The van der Waals surface area contributed by atoms with Gasteiger partial charge in [0.15, 0.2) is 0 Å². The van der Waals surface area contributed by atoms with Crippen LogP contribution in [0.25, 0.3) is 11.1 Å². The second-order valence-electron chi connectivity index (χ2n) is 10.1. The van der Waals surface area contributed by atoms with Crippen molar-refractivity contribution in [2.24, 2.45) is 5.92 Å². The van der Waals surface area contributed by atoms with Crippen molar-refractivity contribution in [2.75, 3.05) is 36.5 Å². The number of nitrogens with zero attached hydrogens (tertiary/aromatic N) is 1. The second-order valence-corrected chi connectivity index (χ2v) is 10.1. The van der Waals surface area contributed by atoms with Crippen LogP contribution in [-0.4, -0.2) is 44.2 Å². The summed E-state index contributed by atoms with van der Waals surface area (Å²) in [6, 6.07) is 23.3. The molecule has 6 nitrogen and oxygen atoms in total. The van der Waals surface area contributed by atoms with Crippen LogP contribution >= 0.6 is 0 Å². The van der Waals surface area contributed by atoms with E-state index in [9.17, 15) is 9.59 Å². The molecule has 6 heteroatoms. The molecule has 1 unspecified atom stereocenters. The fraction of sp³-hybridized carbons (Fsp3) is 0.355. The number of nitrogens with one attached hydrogen (secondary N) is 2. The van der Waals surface area contributed by atoms with E-state index in [1.54, 1.807) is 6.07 Å². The fourth-order valence-electron chi connectivity index (χ4n) is 5.08. The minimum atomic E-state index is -0.204. The number of hydrogen-bond donors (Lipinski definition) is 2. The SMILES string of the molecule is CC1CCN(c2ccc(NC(=O)c3ccc(-c4ccccc4)cc3)cc2C(=O)NCC2CCCO2)CC1. The standard InChI is InChI=1S/C31H35N3O3/c1-22-15-17-34(18-16-22)29-14-13-26(20-28(29)31(36)32-21-27-8-5-19-37-27)33-30(35)25-11-9-24(10-12-25)23-6-3-2-4-7-23/h2-4,6-7,9-14,20,22,27H,5,8,15-19,21H2,1H3,(H,32,36)(H,33,35). The first-order chi connectivity index (χ1) is 18.1. The maximum atomic E-state index is 13.3. The van der Waals surface area contributed by atoms with E-state index in [1.807, 2.05) is 66.7 Å². The third kappa shape index (κ3) is 6.20. The lowest BCUT2D eigenvalue weighted by Crippen LogP contribution is -2.36. The van der Waals surface area contributed by atoms with E-state index in [0.717, 1.165) is 62.2 Å². The molecular formula is C31H35N3O3. The second kappa shape index (κ2) is 11.6. The highest BCUT2D eigenvalue weighted by molar-refractivity contribution is 6.06. The molecule has 5 rings (SSSR count). The number of hydrogen-bond acceptors (Lipinski definition) is 4. The highest BCUT2D eigenvalue weighted by Crippen LogP contribution is 2.29. The zero-order chi connectivity index (χ0) is 25.6. The molecule has 3 aromatic carbocycles. The van der Waals surface area contributed by atoms with E-state index in [2.05, 4.69) is 22.5 Å². The first-order valence-electron chi connectivity index (χ1n) is 13.3. The van der Waals surface area contributed by atoms with E-state index >= 15 is 0 Å². The smallest absolute Gasteiger partial charge is 0.255 e. The summed E-state index contributed by atoms with van der Waals surface area (Å²) in [5.74, 6) is 0.359. The summed E-state index contributed by atoms with van der Waals surface area (Å²) in [6.07, 6.45) is 4.29. The van der Waals surface area contributed by atoms with Crippen molar-refractivity contribution in [3.05, 3.63) is 83.9 Å². The van der Waals surface area contributed by atoms with E-state index < -0.39 is 0 Å².